The third-order valence-electron chi connectivity index (χ3n) is 3.70. The van der Waals surface area contributed by atoms with E-state index in [1.165, 1.54) is 18.9 Å². The lowest BCUT2D eigenvalue weighted by Gasteiger charge is -2.08. The number of halogens is 1. The molecule has 1 N–H and O–H groups in total. The summed E-state index contributed by atoms with van der Waals surface area (Å²) in [4.78, 5) is 24.0. The van der Waals surface area contributed by atoms with Gasteiger partial charge < -0.3 is 4.72 Å². The van der Waals surface area contributed by atoms with Gasteiger partial charge in [-0.25, -0.2) is 0 Å². The Hall–Kier alpha value is -1.95. The van der Waals surface area contributed by atoms with Gasteiger partial charge in [0.1, 0.15) is 0 Å². The highest BCUT2D eigenvalue weighted by atomic mass is 35.5. The van der Waals surface area contributed by atoms with Crippen molar-refractivity contribution >= 4 is 62.7 Å². The third kappa shape index (κ3) is 4.81. The first-order chi connectivity index (χ1) is 12.5. The number of carbonyl (C=O) groups is 2. The first kappa shape index (κ1) is 18.8. The second-order valence-electron chi connectivity index (χ2n) is 5.61. The van der Waals surface area contributed by atoms with Crippen molar-refractivity contribution in [2.45, 2.75) is 11.8 Å². The van der Waals surface area contributed by atoms with Gasteiger partial charge in [0.25, 0.3) is 0 Å². The molecule has 26 heavy (non-hydrogen) atoms. The van der Waals surface area contributed by atoms with Crippen LogP contribution in [0.5, 0.6) is 0 Å². The zero-order valence-electron chi connectivity index (χ0n) is 14.0. The second-order valence-corrected chi connectivity index (χ2v) is 8.05. The third-order valence-corrected chi connectivity index (χ3v) is 5.67. The number of anilines is 1. The van der Waals surface area contributed by atoms with E-state index < -0.39 is 0 Å². The van der Waals surface area contributed by atoms with Crippen LogP contribution >= 0.6 is 35.3 Å². The Labute approximate surface area is 165 Å². The Balaban J connectivity index is 1.63. The quantitative estimate of drug-likeness (QED) is 0.401. The molecule has 0 atom stereocenters. The first-order valence-electron chi connectivity index (χ1n) is 7.91. The fraction of sp³-hybridized carbons (Fsp3) is 0.100. The van der Waals surface area contributed by atoms with Crippen LogP contribution in [0.15, 0.2) is 65.6 Å². The molecule has 0 amide bonds. The molecule has 0 saturated heterocycles. The maximum atomic E-state index is 12.0. The molecule has 0 unspecified atom stereocenters. The van der Waals surface area contributed by atoms with Gasteiger partial charge >= 0.3 is 0 Å². The van der Waals surface area contributed by atoms with Crippen LogP contribution in [0, 0.1) is 0 Å². The average Bonchev–Trinajstić information content (AvgIpc) is 2.65. The number of carbonyl (C=O) groups excluding carboxylic acids is 2. The zero-order valence-corrected chi connectivity index (χ0v) is 16.4. The van der Waals surface area contributed by atoms with E-state index in [4.69, 9.17) is 11.6 Å². The second kappa shape index (κ2) is 8.62. The van der Waals surface area contributed by atoms with Gasteiger partial charge in [0, 0.05) is 33.5 Å². The molecule has 0 aliphatic heterocycles. The summed E-state index contributed by atoms with van der Waals surface area (Å²) in [5.74, 6) is 0.132. The lowest BCUT2D eigenvalue weighted by Crippen LogP contribution is -2.03. The molecule has 132 valence electrons. The van der Waals surface area contributed by atoms with E-state index in [1.54, 1.807) is 12.1 Å². The van der Waals surface area contributed by atoms with Crippen molar-refractivity contribution < 1.29 is 9.59 Å². The molecule has 3 aromatic rings. The van der Waals surface area contributed by atoms with Gasteiger partial charge in [-0.15, -0.1) is 0 Å². The molecule has 0 aliphatic carbocycles. The highest BCUT2D eigenvalue weighted by molar-refractivity contribution is 8.14. The molecule has 0 heterocycles. The van der Waals surface area contributed by atoms with Gasteiger partial charge in [-0.1, -0.05) is 41.6 Å². The number of hydrogen-bond donors (Lipinski definition) is 1. The summed E-state index contributed by atoms with van der Waals surface area (Å²) in [5.41, 5.74) is 1.51. The van der Waals surface area contributed by atoms with Crippen LogP contribution in [0.25, 0.3) is 10.8 Å². The molecule has 6 heteroatoms. The Morgan fingerprint density at radius 1 is 1.04 bits per heavy atom. The summed E-state index contributed by atoms with van der Waals surface area (Å²) < 4.78 is 3.27. The van der Waals surface area contributed by atoms with Crippen molar-refractivity contribution in [1.82, 2.24) is 0 Å². The molecule has 0 bridgehead atoms. The summed E-state index contributed by atoms with van der Waals surface area (Å²) in [6, 6.07) is 19.2. The molecule has 0 aromatic heterocycles. The van der Waals surface area contributed by atoms with E-state index in [0.29, 0.717) is 5.56 Å². The van der Waals surface area contributed by atoms with Crippen molar-refractivity contribution in [3.05, 3.63) is 71.2 Å². The highest BCUT2D eigenvalue weighted by Gasteiger charge is 2.08. The predicted molar refractivity (Wildman–Crippen MR) is 112 cm³/mol. The summed E-state index contributed by atoms with van der Waals surface area (Å²) in [7, 11) is 0. The zero-order chi connectivity index (χ0) is 18.5. The number of ketones is 1. The average molecular weight is 402 g/mol. The maximum absolute atomic E-state index is 12.0. The van der Waals surface area contributed by atoms with Gasteiger partial charge in [0.05, 0.1) is 5.75 Å². The number of Topliss-reactive ketones (excluding diaryl/α,β-unsaturated/α-hetero) is 1. The van der Waals surface area contributed by atoms with E-state index in [2.05, 4.69) is 10.8 Å². The summed E-state index contributed by atoms with van der Waals surface area (Å²) >= 11 is 8.72. The smallest absolute Gasteiger partial charge is 0.186 e. The Morgan fingerprint density at radius 3 is 2.54 bits per heavy atom. The SMILES string of the molecule is CC(=O)SCC(=O)c1ccc(NSc2ccc3c(Cl)cccc3c2)cc1. The fourth-order valence-electron chi connectivity index (χ4n) is 2.38. The van der Waals surface area contributed by atoms with Gasteiger partial charge in [-0.3, -0.25) is 9.59 Å². The van der Waals surface area contributed by atoms with Crippen molar-refractivity contribution in [2.24, 2.45) is 0 Å². The molecule has 0 radical (unpaired) electrons. The van der Waals surface area contributed by atoms with E-state index >= 15 is 0 Å². The van der Waals surface area contributed by atoms with Crippen molar-refractivity contribution in [2.75, 3.05) is 10.5 Å². The minimum absolute atomic E-state index is 0.0455. The van der Waals surface area contributed by atoms with Crippen LogP contribution in [0.2, 0.25) is 5.02 Å². The van der Waals surface area contributed by atoms with E-state index in [0.717, 1.165) is 38.1 Å². The lowest BCUT2D eigenvalue weighted by molar-refractivity contribution is -0.109. The van der Waals surface area contributed by atoms with Gasteiger partial charge in [0.2, 0.25) is 0 Å². The number of nitrogens with one attached hydrogen (secondary N) is 1. The Kier molecular flexibility index (Phi) is 6.25. The van der Waals surface area contributed by atoms with Crippen molar-refractivity contribution in [3.8, 4) is 0 Å². The van der Waals surface area contributed by atoms with Gasteiger partial charge in [-0.2, -0.15) is 0 Å². The Morgan fingerprint density at radius 2 is 1.81 bits per heavy atom. The monoisotopic (exact) mass is 401 g/mol. The molecular formula is C20H16ClNO2S2. The molecule has 0 spiro atoms. The van der Waals surface area contributed by atoms with Crippen LogP contribution in [-0.2, 0) is 4.79 Å². The number of hydrogen-bond acceptors (Lipinski definition) is 5. The maximum Gasteiger partial charge on any atom is 0.186 e. The molecule has 0 saturated carbocycles. The lowest BCUT2D eigenvalue weighted by atomic mass is 10.1. The van der Waals surface area contributed by atoms with E-state index in [9.17, 15) is 9.59 Å². The van der Waals surface area contributed by atoms with Crippen LogP contribution < -0.4 is 4.72 Å². The number of fused-ring (bicyclic) bond motifs is 1. The molecule has 0 aliphatic rings. The van der Waals surface area contributed by atoms with Crippen LogP contribution in [0.4, 0.5) is 5.69 Å². The number of benzene rings is 3. The van der Waals surface area contributed by atoms with Crippen LogP contribution in [0.1, 0.15) is 17.3 Å². The number of thioether (sulfide) groups is 1. The summed E-state index contributed by atoms with van der Waals surface area (Å²) in [6.07, 6.45) is 0. The number of rotatable bonds is 6. The normalized spacial score (nSPS) is 10.7. The minimum Gasteiger partial charge on any atom is -0.326 e. The molecule has 3 nitrogen and oxygen atoms in total. The topological polar surface area (TPSA) is 46.2 Å². The Bertz CT molecular complexity index is 958. The van der Waals surface area contributed by atoms with Gasteiger partial charge in [0.15, 0.2) is 10.9 Å². The molecule has 3 rings (SSSR count). The van der Waals surface area contributed by atoms with Crippen LogP contribution in [-0.4, -0.2) is 16.7 Å². The molecule has 3 aromatic carbocycles. The summed E-state index contributed by atoms with van der Waals surface area (Å²) in [5, 5.41) is 2.82. The minimum atomic E-state index is -0.0512. The van der Waals surface area contributed by atoms with E-state index in [-0.39, 0.29) is 16.7 Å². The van der Waals surface area contributed by atoms with Crippen molar-refractivity contribution in [3.63, 3.8) is 0 Å². The molecular weight excluding hydrogens is 386 g/mol. The summed E-state index contributed by atoms with van der Waals surface area (Å²) in [6.45, 7) is 1.46. The van der Waals surface area contributed by atoms with Gasteiger partial charge in [-0.05, 0) is 59.8 Å². The highest BCUT2D eigenvalue weighted by Crippen LogP contribution is 2.29. The van der Waals surface area contributed by atoms with Crippen LogP contribution in [0.3, 0.4) is 0 Å². The van der Waals surface area contributed by atoms with Crippen molar-refractivity contribution in [1.29, 1.82) is 0 Å². The molecule has 0 fully saturated rings. The standard InChI is InChI=1S/C20H16ClNO2S2/c1-13(23)25-12-20(24)14-5-7-16(8-6-14)22-26-17-9-10-18-15(11-17)3-2-4-19(18)21/h2-11,22H,12H2,1H3. The van der Waals surface area contributed by atoms with E-state index in [1.807, 2.05) is 42.5 Å². The predicted octanol–water partition coefficient (Wildman–Crippen LogP) is 6.07. The first-order valence-corrected chi connectivity index (χ1v) is 10.1. The largest absolute Gasteiger partial charge is 0.326 e. The fourth-order valence-corrected chi connectivity index (χ4v) is 3.82.